The zero-order valence-electron chi connectivity index (χ0n) is 18.8. The Morgan fingerprint density at radius 2 is 2.00 bits per heavy atom. The Bertz CT molecular complexity index is 1140. The van der Waals surface area contributed by atoms with Crippen molar-refractivity contribution in [2.75, 3.05) is 20.2 Å². The lowest BCUT2D eigenvalue weighted by Crippen LogP contribution is -2.36. The average Bonchev–Trinajstić information content (AvgIpc) is 3.48. The van der Waals surface area contributed by atoms with Crippen LogP contribution < -0.4 is 14.8 Å². The molecule has 8 heteroatoms. The molecule has 1 aliphatic heterocycles. The number of nitro groups is 1. The van der Waals surface area contributed by atoms with Crippen LogP contribution in [0, 0.1) is 16.0 Å². The van der Waals surface area contributed by atoms with E-state index in [1.165, 1.54) is 30.5 Å². The van der Waals surface area contributed by atoms with Gasteiger partial charge in [-0.05, 0) is 74.2 Å². The number of fused-ring (bicyclic) bond motifs is 1. The first-order valence-corrected chi connectivity index (χ1v) is 11.7. The van der Waals surface area contributed by atoms with Crippen molar-refractivity contribution < 1.29 is 18.8 Å². The Labute approximate surface area is 192 Å². The summed E-state index contributed by atoms with van der Waals surface area (Å²) in [6, 6.07) is 10.8. The van der Waals surface area contributed by atoms with E-state index < -0.39 is 4.92 Å². The highest BCUT2D eigenvalue weighted by Crippen LogP contribution is 2.37. The van der Waals surface area contributed by atoms with Crippen LogP contribution in [0.3, 0.4) is 0 Å². The SMILES string of the molecule is COc1ccc([C@H]2CNC[C@@H](Cc3nc4cc([N+](=O)[O-])ccc4o3)C2)cc1OC1CCCC1. The minimum Gasteiger partial charge on any atom is -0.493 e. The molecule has 5 rings (SSSR count). The van der Waals surface area contributed by atoms with Gasteiger partial charge in [-0.15, -0.1) is 0 Å². The predicted molar refractivity (Wildman–Crippen MR) is 124 cm³/mol. The topological polar surface area (TPSA) is 99.7 Å². The largest absolute Gasteiger partial charge is 0.493 e. The summed E-state index contributed by atoms with van der Waals surface area (Å²) in [5, 5.41) is 14.6. The van der Waals surface area contributed by atoms with Crippen molar-refractivity contribution in [2.24, 2.45) is 5.92 Å². The van der Waals surface area contributed by atoms with Crippen molar-refractivity contribution in [3.63, 3.8) is 0 Å². The third kappa shape index (κ3) is 4.80. The van der Waals surface area contributed by atoms with Crippen molar-refractivity contribution in [1.82, 2.24) is 10.3 Å². The van der Waals surface area contributed by atoms with Crippen molar-refractivity contribution in [2.45, 2.75) is 50.5 Å². The molecule has 174 valence electrons. The molecule has 1 N–H and O–H groups in total. The monoisotopic (exact) mass is 451 g/mol. The van der Waals surface area contributed by atoms with Gasteiger partial charge in [0.15, 0.2) is 23.0 Å². The summed E-state index contributed by atoms with van der Waals surface area (Å²) < 4.78 is 17.7. The second kappa shape index (κ2) is 9.39. The van der Waals surface area contributed by atoms with Gasteiger partial charge in [0.1, 0.15) is 5.52 Å². The van der Waals surface area contributed by atoms with Gasteiger partial charge in [-0.3, -0.25) is 10.1 Å². The number of piperidine rings is 1. The number of methoxy groups -OCH3 is 1. The van der Waals surface area contributed by atoms with Crippen molar-refractivity contribution in [3.8, 4) is 11.5 Å². The molecule has 2 aromatic carbocycles. The normalized spacial score (nSPS) is 21.4. The van der Waals surface area contributed by atoms with Gasteiger partial charge >= 0.3 is 0 Å². The molecule has 1 saturated heterocycles. The Balaban J connectivity index is 1.29. The van der Waals surface area contributed by atoms with Gasteiger partial charge in [0.2, 0.25) is 0 Å². The van der Waals surface area contributed by atoms with Gasteiger partial charge in [-0.2, -0.15) is 0 Å². The maximum absolute atomic E-state index is 11.0. The molecule has 0 amide bonds. The van der Waals surface area contributed by atoms with Crippen molar-refractivity contribution in [1.29, 1.82) is 0 Å². The van der Waals surface area contributed by atoms with Crippen molar-refractivity contribution >= 4 is 16.8 Å². The van der Waals surface area contributed by atoms with Gasteiger partial charge in [-0.1, -0.05) is 6.07 Å². The minimum absolute atomic E-state index is 0.0249. The summed E-state index contributed by atoms with van der Waals surface area (Å²) in [5.74, 6) is 2.95. The summed E-state index contributed by atoms with van der Waals surface area (Å²) in [7, 11) is 1.68. The number of nitrogens with one attached hydrogen (secondary N) is 1. The molecule has 0 spiro atoms. The molecule has 33 heavy (non-hydrogen) atoms. The lowest BCUT2D eigenvalue weighted by Gasteiger charge is -2.30. The molecule has 2 atom stereocenters. The maximum atomic E-state index is 11.0. The van der Waals surface area contributed by atoms with Crippen LogP contribution in [0.4, 0.5) is 5.69 Å². The summed E-state index contributed by atoms with van der Waals surface area (Å²) >= 11 is 0. The number of benzene rings is 2. The first-order valence-electron chi connectivity index (χ1n) is 11.7. The molecule has 8 nitrogen and oxygen atoms in total. The standard InChI is InChI=1S/C25H29N3O5/c1-31-23-8-6-17(12-24(23)32-20-4-2-3-5-20)18-10-16(14-26-15-18)11-25-27-21-13-19(28(29)30)7-9-22(21)33-25/h6-9,12-13,16,18,20,26H,2-5,10-11,14-15H2,1H3/t16-,18-/m1/s1. The van der Waals surface area contributed by atoms with Crippen molar-refractivity contribution in [3.05, 3.63) is 58.0 Å². The van der Waals surface area contributed by atoms with Crippen LogP contribution in [0.2, 0.25) is 0 Å². The van der Waals surface area contributed by atoms with Crippen LogP contribution in [0.5, 0.6) is 11.5 Å². The van der Waals surface area contributed by atoms with E-state index in [1.54, 1.807) is 13.2 Å². The maximum Gasteiger partial charge on any atom is 0.271 e. The first-order chi connectivity index (χ1) is 16.1. The summed E-state index contributed by atoms with van der Waals surface area (Å²) in [6.07, 6.45) is 6.63. The van der Waals surface area contributed by atoms with E-state index in [4.69, 9.17) is 13.9 Å². The van der Waals surface area contributed by atoms with Gasteiger partial charge in [0, 0.05) is 25.1 Å². The van der Waals surface area contributed by atoms with E-state index in [0.29, 0.717) is 35.2 Å². The third-order valence-electron chi connectivity index (χ3n) is 6.79. The van der Waals surface area contributed by atoms with Crippen LogP contribution in [-0.2, 0) is 6.42 Å². The highest BCUT2D eigenvalue weighted by atomic mass is 16.6. The first kappa shape index (κ1) is 21.7. The minimum atomic E-state index is -0.414. The van der Waals surface area contributed by atoms with Gasteiger partial charge in [-0.25, -0.2) is 4.98 Å². The van der Waals surface area contributed by atoms with E-state index in [2.05, 4.69) is 22.4 Å². The Morgan fingerprint density at radius 1 is 1.15 bits per heavy atom. The number of nitrogens with zero attached hydrogens (tertiary/aromatic N) is 2. The van der Waals surface area contributed by atoms with Gasteiger partial charge < -0.3 is 19.2 Å². The lowest BCUT2D eigenvalue weighted by atomic mass is 9.84. The van der Waals surface area contributed by atoms with Crippen LogP contribution in [0.1, 0.15) is 49.5 Å². The smallest absolute Gasteiger partial charge is 0.271 e. The summed E-state index contributed by atoms with van der Waals surface area (Å²) in [4.78, 5) is 15.1. The molecular formula is C25H29N3O5. The Morgan fingerprint density at radius 3 is 2.79 bits per heavy atom. The van der Waals surface area contributed by atoms with Crippen LogP contribution in [-0.4, -0.2) is 36.2 Å². The number of oxazole rings is 1. The molecule has 0 radical (unpaired) electrons. The number of hydrogen-bond donors (Lipinski definition) is 1. The van der Waals surface area contributed by atoms with Gasteiger partial charge in [0.05, 0.1) is 18.1 Å². The molecule has 1 saturated carbocycles. The Kier molecular flexibility index (Phi) is 6.17. The van der Waals surface area contributed by atoms with E-state index in [1.807, 2.05) is 6.07 Å². The van der Waals surface area contributed by atoms with E-state index in [-0.39, 0.29) is 11.8 Å². The Hall–Kier alpha value is -3.13. The molecular weight excluding hydrogens is 422 g/mol. The molecule has 2 fully saturated rings. The number of non-ortho nitro benzene ring substituents is 1. The van der Waals surface area contributed by atoms with Gasteiger partial charge in [0.25, 0.3) is 5.69 Å². The molecule has 2 aliphatic rings. The fraction of sp³-hybridized carbons (Fsp3) is 0.480. The number of ether oxygens (including phenoxy) is 2. The van der Waals surface area contributed by atoms with E-state index >= 15 is 0 Å². The van der Waals surface area contributed by atoms with Crippen LogP contribution in [0.25, 0.3) is 11.1 Å². The zero-order chi connectivity index (χ0) is 22.8. The number of rotatable bonds is 7. The molecule has 1 aliphatic carbocycles. The number of nitro benzene ring substituents is 1. The lowest BCUT2D eigenvalue weighted by molar-refractivity contribution is -0.384. The zero-order valence-corrected chi connectivity index (χ0v) is 18.8. The van der Waals surface area contributed by atoms with E-state index in [9.17, 15) is 10.1 Å². The summed E-state index contributed by atoms with van der Waals surface area (Å²) in [6.45, 7) is 1.79. The van der Waals surface area contributed by atoms with E-state index in [0.717, 1.165) is 43.9 Å². The third-order valence-corrected chi connectivity index (χ3v) is 6.79. The van der Waals surface area contributed by atoms with Crippen LogP contribution in [0.15, 0.2) is 40.8 Å². The molecule has 0 bridgehead atoms. The number of hydrogen-bond acceptors (Lipinski definition) is 7. The molecule has 2 heterocycles. The quantitative estimate of drug-likeness (QED) is 0.398. The highest BCUT2D eigenvalue weighted by molar-refractivity contribution is 5.75. The second-order valence-corrected chi connectivity index (χ2v) is 9.11. The highest BCUT2D eigenvalue weighted by Gasteiger charge is 2.26. The predicted octanol–water partition coefficient (Wildman–Crippen LogP) is 5.00. The fourth-order valence-corrected chi connectivity index (χ4v) is 5.08. The van der Waals surface area contributed by atoms with Crippen LogP contribution >= 0.6 is 0 Å². The average molecular weight is 452 g/mol. The summed E-state index contributed by atoms with van der Waals surface area (Å²) in [5.41, 5.74) is 2.38. The second-order valence-electron chi connectivity index (χ2n) is 9.11. The molecule has 0 unspecified atom stereocenters. The molecule has 3 aromatic rings. The number of aromatic nitrogens is 1. The fourth-order valence-electron chi connectivity index (χ4n) is 5.08. The molecule has 1 aromatic heterocycles.